The lowest BCUT2D eigenvalue weighted by Crippen LogP contribution is -2.53. The van der Waals surface area contributed by atoms with E-state index in [1.165, 1.54) is 0 Å². The molecule has 2 atom stereocenters. The van der Waals surface area contributed by atoms with E-state index in [-0.39, 0.29) is 23.7 Å². The summed E-state index contributed by atoms with van der Waals surface area (Å²) in [5, 5.41) is 9.28. The molecule has 2 unspecified atom stereocenters. The Labute approximate surface area is 152 Å². The number of rotatable bonds is 1. The van der Waals surface area contributed by atoms with Crippen LogP contribution in [0.15, 0.2) is 18.2 Å². The summed E-state index contributed by atoms with van der Waals surface area (Å²) in [6.45, 7) is 5.48. The molecule has 26 heavy (non-hydrogen) atoms. The van der Waals surface area contributed by atoms with Crippen LogP contribution < -0.4 is 0 Å². The number of nitriles is 1. The Morgan fingerprint density at radius 3 is 2.58 bits per heavy atom. The van der Waals surface area contributed by atoms with Crippen molar-refractivity contribution in [2.75, 3.05) is 0 Å². The third kappa shape index (κ3) is 3.57. The molecule has 1 fully saturated rings. The summed E-state index contributed by atoms with van der Waals surface area (Å²) >= 11 is 0. The molecule has 0 spiro atoms. The summed E-state index contributed by atoms with van der Waals surface area (Å²) in [6, 6.07) is 3.73. The zero-order valence-corrected chi connectivity index (χ0v) is 15.2. The molecular weight excluding hydrogens is 338 g/mol. The summed E-state index contributed by atoms with van der Waals surface area (Å²) < 4.78 is 32.7. The number of carbonyl (C=O) groups is 1. The Morgan fingerprint density at radius 2 is 1.96 bits per heavy atom. The first kappa shape index (κ1) is 18.4. The van der Waals surface area contributed by atoms with Gasteiger partial charge in [0.25, 0.3) is 0 Å². The molecule has 138 valence electrons. The first-order valence-electron chi connectivity index (χ1n) is 8.81. The van der Waals surface area contributed by atoms with Crippen molar-refractivity contribution in [3.8, 4) is 6.07 Å². The second kappa shape index (κ2) is 6.71. The van der Waals surface area contributed by atoms with E-state index in [4.69, 9.17) is 4.74 Å². The Bertz CT molecular complexity index is 805. The minimum atomic E-state index is -1.03. The molecule has 1 aromatic carbocycles. The van der Waals surface area contributed by atoms with Crippen molar-refractivity contribution in [2.24, 2.45) is 0 Å². The molecule has 4 nitrogen and oxygen atoms in total. The monoisotopic (exact) mass is 360 g/mol. The van der Waals surface area contributed by atoms with Crippen molar-refractivity contribution in [3.63, 3.8) is 0 Å². The molecule has 2 bridgehead atoms. The Hall–Kier alpha value is -2.42. The first-order chi connectivity index (χ1) is 12.2. The maximum Gasteiger partial charge on any atom is 0.411 e. The molecule has 3 rings (SSSR count). The van der Waals surface area contributed by atoms with Crippen LogP contribution in [-0.4, -0.2) is 28.7 Å². The van der Waals surface area contributed by atoms with Crippen LogP contribution in [0.4, 0.5) is 13.6 Å². The van der Waals surface area contributed by atoms with Gasteiger partial charge in [0, 0.05) is 6.04 Å². The summed E-state index contributed by atoms with van der Waals surface area (Å²) in [5.74, 6) is -2.00. The molecule has 2 heterocycles. The number of carbonyl (C=O) groups excluding carboxylic acids is 1. The topological polar surface area (TPSA) is 53.3 Å². The molecule has 0 N–H and O–H groups in total. The van der Waals surface area contributed by atoms with Gasteiger partial charge in [-0.1, -0.05) is 6.08 Å². The molecule has 2 aliphatic heterocycles. The molecule has 2 aliphatic rings. The molecule has 0 aliphatic carbocycles. The lowest BCUT2D eigenvalue weighted by Gasteiger charge is -2.45. The maximum absolute atomic E-state index is 13.7. The van der Waals surface area contributed by atoms with E-state index in [0.717, 1.165) is 37.0 Å². The predicted octanol–water partition coefficient (Wildman–Crippen LogP) is 4.78. The largest absolute Gasteiger partial charge is 0.444 e. The predicted molar refractivity (Wildman–Crippen MR) is 93.2 cm³/mol. The zero-order chi connectivity index (χ0) is 19.1. The van der Waals surface area contributed by atoms with Crippen molar-refractivity contribution in [1.29, 1.82) is 5.26 Å². The fraction of sp³-hybridized carbons (Fsp3) is 0.500. The van der Waals surface area contributed by atoms with Crippen LogP contribution in [0.3, 0.4) is 0 Å². The average Bonchev–Trinajstić information content (AvgIpc) is 2.54. The van der Waals surface area contributed by atoms with Crippen molar-refractivity contribution in [1.82, 2.24) is 4.90 Å². The van der Waals surface area contributed by atoms with Crippen LogP contribution in [0.2, 0.25) is 0 Å². The van der Waals surface area contributed by atoms with Gasteiger partial charge in [-0.25, -0.2) is 13.6 Å². The average molecular weight is 360 g/mol. The number of halogens is 2. The van der Waals surface area contributed by atoms with Gasteiger partial charge < -0.3 is 4.74 Å². The van der Waals surface area contributed by atoms with Gasteiger partial charge in [-0.2, -0.15) is 5.26 Å². The van der Waals surface area contributed by atoms with Crippen molar-refractivity contribution < 1.29 is 18.3 Å². The van der Waals surface area contributed by atoms with Gasteiger partial charge in [0.1, 0.15) is 5.60 Å². The van der Waals surface area contributed by atoms with Crippen molar-refractivity contribution in [3.05, 3.63) is 41.0 Å². The van der Waals surface area contributed by atoms with Gasteiger partial charge in [-0.05, 0) is 69.7 Å². The smallest absolute Gasteiger partial charge is 0.411 e. The minimum Gasteiger partial charge on any atom is -0.444 e. The van der Waals surface area contributed by atoms with Crippen LogP contribution >= 0.6 is 0 Å². The highest BCUT2D eigenvalue weighted by molar-refractivity contribution is 5.76. The summed E-state index contributed by atoms with van der Waals surface area (Å²) in [6.07, 6.45) is 4.63. The third-order valence-electron chi connectivity index (χ3n) is 4.77. The van der Waals surface area contributed by atoms with E-state index < -0.39 is 17.2 Å². The van der Waals surface area contributed by atoms with Gasteiger partial charge in [0.2, 0.25) is 0 Å². The highest BCUT2D eigenvalue weighted by Crippen LogP contribution is 2.39. The zero-order valence-electron chi connectivity index (χ0n) is 15.2. The summed E-state index contributed by atoms with van der Waals surface area (Å²) in [4.78, 5) is 14.4. The number of ether oxygens (including phenoxy) is 1. The van der Waals surface area contributed by atoms with E-state index in [0.29, 0.717) is 12.0 Å². The molecule has 1 saturated heterocycles. The van der Waals surface area contributed by atoms with Gasteiger partial charge in [-0.15, -0.1) is 0 Å². The van der Waals surface area contributed by atoms with Crippen molar-refractivity contribution in [2.45, 2.75) is 64.1 Å². The van der Waals surface area contributed by atoms with Crippen LogP contribution in [-0.2, 0) is 4.74 Å². The lowest BCUT2D eigenvalue weighted by molar-refractivity contribution is 0.0000820. The molecular formula is C20H22F2N2O2. The highest BCUT2D eigenvalue weighted by atomic mass is 19.2. The SMILES string of the molecule is CC(C)(C)OC(=O)N1C2C=C(c3cc(F)c(F)cc3C#N)CC1CCC2. The third-order valence-corrected chi connectivity index (χ3v) is 4.77. The van der Waals surface area contributed by atoms with Crippen LogP contribution in [0.1, 0.15) is 57.6 Å². The number of piperidine rings is 1. The second-order valence-electron chi connectivity index (χ2n) is 7.86. The molecule has 0 aromatic heterocycles. The van der Waals surface area contributed by atoms with E-state index in [1.807, 2.05) is 32.9 Å². The number of amides is 1. The van der Waals surface area contributed by atoms with Gasteiger partial charge >= 0.3 is 6.09 Å². The van der Waals surface area contributed by atoms with Crippen LogP contribution in [0, 0.1) is 23.0 Å². The Morgan fingerprint density at radius 1 is 1.27 bits per heavy atom. The number of nitrogens with zero attached hydrogens (tertiary/aromatic N) is 2. The first-order valence-corrected chi connectivity index (χ1v) is 8.81. The Kier molecular flexibility index (Phi) is 4.74. The number of fused-ring (bicyclic) bond motifs is 2. The summed E-state index contributed by atoms with van der Waals surface area (Å²) in [5.41, 5.74) is 0.727. The maximum atomic E-state index is 13.7. The number of hydrogen-bond donors (Lipinski definition) is 0. The Balaban J connectivity index is 1.96. The van der Waals surface area contributed by atoms with E-state index >= 15 is 0 Å². The molecule has 1 aromatic rings. The van der Waals surface area contributed by atoms with E-state index in [9.17, 15) is 18.8 Å². The highest BCUT2D eigenvalue weighted by Gasteiger charge is 2.39. The number of hydrogen-bond acceptors (Lipinski definition) is 3. The fourth-order valence-corrected chi connectivity index (χ4v) is 3.73. The number of benzene rings is 1. The molecule has 0 saturated carbocycles. The minimum absolute atomic E-state index is 0.0664. The van der Waals surface area contributed by atoms with Crippen LogP contribution in [0.25, 0.3) is 5.57 Å². The lowest BCUT2D eigenvalue weighted by atomic mass is 9.82. The normalized spacial score (nSPS) is 22.5. The quantitative estimate of drug-likeness (QED) is 0.724. The van der Waals surface area contributed by atoms with E-state index in [1.54, 1.807) is 4.90 Å². The molecule has 6 heteroatoms. The fourth-order valence-electron chi connectivity index (χ4n) is 3.73. The summed E-state index contributed by atoms with van der Waals surface area (Å²) in [7, 11) is 0. The van der Waals surface area contributed by atoms with Crippen LogP contribution in [0.5, 0.6) is 0 Å². The standard InChI is InChI=1S/C20H22F2N2O2/c1-20(2,3)26-19(25)24-14-5-4-6-15(24)8-12(7-14)16-10-18(22)17(21)9-13(16)11-23/h7,9-10,14-15H,4-6,8H2,1-3H3. The van der Waals surface area contributed by atoms with Gasteiger partial charge in [0.05, 0.1) is 17.7 Å². The van der Waals surface area contributed by atoms with Gasteiger partial charge in [0.15, 0.2) is 11.6 Å². The van der Waals surface area contributed by atoms with Crippen molar-refractivity contribution >= 4 is 11.7 Å². The molecule has 0 radical (unpaired) electrons. The second-order valence-corrected chi connectivity index (χ2v) is 7.86. The molecule has 1 amide bonds. The van der Waals surface area contributed by atoms with E-state index in [2.05, 4.69) is 0 Å². The van der Waals surface area contributed by atoms with Gasteiger partial charge in [-0.3, -0.25) is 4.90 Å².